The van der Waals surface area contributed by atoms with E-state index in [2.05, 4.69) is 10.2 Å². The summed E-state index contributed by atoms with van der Waals surface area (Å²) in [6.45, 7) is 2.37. The van der Waals surface area contributed by atoms with Crippen LogP contribution in [0.4, 0.5) is 0 Å². The summed E-state index contributed by atoms with van der Waals surface area (Å²) in [4.78, 5) is 26.9. The number of amides is 2. The number of hydrogen-bond acceptors (Lipinski definition) is 8. The SMILES string of the molecule is CCCN(C(=O)CSc1nnc(-c2cccs2)n1CC(N)=O)C1CCS(=O)(=O)C1. The maximum atomic E-state index is 12.8. The van der Waals surface area contributed by atoms with E-state index in [9.17, 15) is 18.0 Å². The van der Waals surface area contributed by atoms with Gasteiger partial charge in [0.2, 0.25) is 11.8 Å². The summed E-state index contributed by atoms with van der Waals surface area (Å²) in [5.41, 5.74) is 5.37. The third kappa shape index (κ3) is 5.37. The Balaban J connectivity index is 1.74. The topological polar surface area (TPSA) is 128 Å². The number of rotatable bonds is 9. The Morgan fingerprint density at radius 2 is 2.21 bits per heavy atom. The molecule has 1 atom stereocenters. The second-order valence-corrected chi connectivity index (χ2v) is 10.9. The number of thiophene rings is 1. The van der Waals surface area contributed by atoms with Gasteiger partial charge in [0, 0.05) is 12.6 Å². The lowest BCUT2D eigenvalue weighted by molar-refractivity contribution is -0.130. The summed E-state index contributed by atoms with van der Waals surface area (Å²) in [7, 11) is -3.08. The molecule has 2 amide bonds. The third-order valence-electron chi connectivity index (χ3n) is 4.53. The lowest BCUT2D eigenvalue weighted by Gasteiger charge is -2.27. The quantitative estimate of drug-likeness (QED) is 0.557. The van der Waals surface area contributed by atoms with Gasteiger partial charge in [0.25, 0.3) is 0 Å². The average Bonchev–Trinajstić information content (AvgIpc) is 3.37. The molecule has 9 nitrogen and oxygen atoms in total. The van der Waals surface area contributed by atoms with Crippen LogP contribution in [0, 0.1) is 0 Å². The fourth-order valence-electron chi connectivity index (χ4n) is 3.26. The molecule has 0 saturated carbocycles. The van der Waals surface area contributed by atoms with Crippen LogP contribution in [0.15, 0.2) is 22.7 Å². The largest absolute Gasteiger partial charge is 0.368 e. The molecule has 0 spiro atoms. The van der Waals surface area contributed by atoms with Crippen LogP contribution >= 0.6 is 23.1 Å². The molecule has 1 saturated heterocycles. The Kier molecular flexibility index (Phi) is 6.96. The van der Waals surface area contributed by atoms with E-state index in [1.54, 1.807) is 9.47 Å². The number of thioether (sulfide) groups is 1. The maximum absolute atomic E-state index is 12.8. The molecule has 1 unspecified atom stereocenters. The number of carbonyl (C=O) groups is 2. The number of carbonyl (C=O) groups excluding carboxylic acids is 2. The van der Waals surface area contributed by atoms with Gasteiger partial charge in [0.05, 0.1) is 22.1 Å². The van der Waals surface area contributed by atoms with Crippen molar-refractivity contribution in [1.82, 2.24) is 19.7 Å². The molecule has 0 radical (unpaired) electrons. The van der Waals surface area contributed by atoms with Gasteiger partial charge < -0.3 is 10.6 Å². The highest BCUT2D eigenvalue weighted by Gasteiger charge is 2.34. The van der Waals surface area contributed by atoms with Crippen LogP contribution in [0.5, 0.6) is 0 Å². The second kappa shape index (κ2) is 9.26. The Morgan fingerprint density at radius 3 is 2.79 bits per heavy atom. The predicted octanol–water partition coefficient (Wildman–Crippen LogP) is 1.01. The molecule has 0 bridgehead atoms. The summed E-state index contributed by atoms with van der Waals surface area (Å²) in [5.74, 6) is 0.0720. The number of aromatic nitrogens is 3. The van der Waals surface area contributed by atoms with Crippen LogP contribution < -0.4 is 5.73 Å². The van der Waals surface area contributed by atoms with Crippen LogP contribution in [0.1, 0.15) is 19.8 Å². The first kappa shape index (κ1) is 21.8. The molecule has 1 aliphatic heterocycles. The molecule has 29 heavy (non-hydrogen) atoms. The Morgan fingerprint density at radius 1 is 1.41 bits per heavy atom. The molecule has 3 rings (SSSR count). The predicted molar refractivity (Wildman–Crippen MR) is 112 cm³/mol. The van der Waals surface area contributed by atoms with E-state index in [4.69, 9.17) is 5.73 Å². The lowest BCUT2D eigenvalue weighted by atomic mass is 10.2. The molecule has 3 heterocycles. The number of hydrogen-bond donors (Lipinski definition) is 1. The first-order chi connectivity index (χ1) is 13.8. The van der Waals surface area contributed by atoms with Crippen molar-refractivity contribution >= 4 is 44.8 Å². The van der Waals surface area contributed by atoms with E-state index in [0.29, 0.717) is 23.9 Å². The smallest absolute Gasteiger partial charge is 0.237 e. The van der Waals surface area contributed by atoms with Crippen molar-refractivity contribution in [3.63, 3.8) is 0 Å². The highest BCUT2D eigenvalue weighted by Crippen LogP contribution is 2.28. The van der Waals surface area contributed by atoms with Gasteiger partial charge in [-0.3, -0.25) is 14.2 Å². The zero-order valence-corrected chi connectivity index (χ0v) is 18.4. The summed E-state index contributed by atoms with van der Waals surface area (Å²) < 4.78 is 25.2. The highest BCUT2D eigenvalue weighted by molar-refractivity contribution is 7.99. The zero-order valence-electron chi connectivity index (χ0n) is 16.0. The highest BCUT2D eigenvalue weighted by atomic mass is 32.2. The molecular formula is C17H23N5O4S3. The fraction of sp³-hybridized carbons (Fsp3) is 0.529. The minimum absolute atomic E-state index is 0.0176. The molecule has 12 heteroatoms. The van der Waals surface area contributed by atoms with Crippen LogP contribution in [-0.2, 0) is 26.0 Å². The monoisotopic (exact) mass is 457 g/mol. The first-order valence-corrected chi connectivity index (χ1v) is 12.9. The molecule has 2 aromatic rings. The maximum Gasteiger partial charge on any atom is 0.237 e. The molecule has 2 aromatic heterocycles. The Bertz CT molecular complexity index is 971. The summed E-state index contributed by atoms with van der Waals surface area (Å²) >= 11 is 2.64. The van der Waals surface area contributed by atoms with Crippen molar-refractivity contribution in [2.75, 3.05) is 23.8 Å². The minimum atomic E-state index is -3.08. The van der Waals surface area contributed by atoms with Gasteiger partial charge in [-0.2, -0.15) is 0 Å². The molecule has 1 aliphatic rings. The molecule has 1 fully saturated rings. The van der Waals surface area contributed by atoms with Gasteiger partial charge in [-0.25, -0.2) is 8.42 Å². The van der Waals surface area contributed by atoms with Crippen LogP contribution in [0.2, 0.25) is 0 Å². The van der Waals surface area contributed by atoms with Crippen molar-refractivity contribution in [3.05, 3.63) is 17.5 Å². The van der Waals surface area contributed by atoms with Crippen molar-refractivity contribution < 1.29 is 18.0 Å². The van der Waals surface area contributed by atoms with Crippen molar-refractivity contribution in [2.45, 2.75) is 37.5 Å². The van der Waals surface area contributed by atoms with Gasteiger partial charge in [0.1, 0.15) is 6.54 Å². The van der Waals surface area contributed by atoms with Gasteiger partial charge in [-0.15, -0.1) is 21.5 Å². The van der Waals surface area contributed by atoms with Crippen LogP contribution in [0.25, 0.3) is 10.7 Å². The number of primary amides is 1. The van der Waals surface area contributed by atoms with Crippen molar-refractivity contribution in [1.29, 1.82) is 0 Å². The van der Waals surface area contributed by atoms with E-state index in [1.807, 2.05) is 24.4 Å². The number of nitrogens with two attached hydrogens (primary N) is 1. The Hall–Kier alpha value is -1.92. The van der Waals surface area contributed by atoms with Crippen molar-refractivity contribution in [2.24, 2.45) is 5.73 Å². The normalized spacial score (nSPS) is 18.0. The molecule has 2 N–H and O–H groups in total. The van der Waals surface area contributed by atoms with E-state index in [1.165, 1.54) is 23.1 Å². The standard InChI is InChI=1S/C17H23N5O4S3/c1-2-6-21(12-5-8-29(25,26)11-12)15(24)10-28-17-20-19-16(13-4-3-7-27-13)22(17)9-14(18)23/h3-4,7,12H,2,5-6,8-11H2,1H3,(H2,18,23). The molecule has 0 aliphatic carbocycles. The summed E-state index contributed by atoms with van der Waals surface area (Å²) in [5, 5.41) is 10.6. The van der Waals surface area contributed by atoms with E-state index < -0.39 is 15.7 Å². The molecule has 158 valence electrons. The van der Waals surface area contributed by atoms with Gasteiger partial charge >= 0.3 is 0 Å². The molecular weight excluding hydrogens is 434 g/mol. The first-order valence-electron chi connectivity index (χ1n) is 9.18. The van der Waals surface area contributed by atoms with Crippen molar-refractivity contribution in [3.8, 4) is 10.7 Å². The number of nitrogens with zero attached hydrogens (tertiary/aromatic N) is 4. The van der Waals surface area contributed by atoms with E-state index >= 15 is 0 Å². The summed E-state index contributed by atoms with van der Waals surface area (Å²) in [6, 6.07) is 3.46. The summed E-state index contributed by atoms with van der Waals surface area (Å²) in [6.07, 6.45) is 1.21. The average molecular weight is 458 g/mol. The van der Waals surface area contributed by atoms with E-state index in [0.717, 1.165) is 11.3 Å². The van der Waals surface area contributed by atoms with Crippen LogP contribution in [-0.4, -0.2) is 69.7 Å². The van der Waals surface area contributed by atoms with Gasteiger partial charge in [0.15, 0.2) is 20.8 Å². The van der Waals surface area contributed by atoms with Gasteiger partial charge in [-0.05, 0) is 24.3 Å². The van der Waals surface area contributed by atoms with Gasteiger partial charge in [-0.1, -0.05) is 24.8 Å². The second-order valence-electron chi connectivity index (χ2n) is 6.77. The number of sulfone groups is 1. The zero-order chi connectivity index (χ0) is 21.0. The minimum Gasteiger partial charge on any atom is -0.368 e. The fourth-order valence-corrected chi connectivity index (χ4v) is 6.54. The molecule has 0 aromatic carbocycles. The lowest BCUT2D eigenvalue weighted by Crippen LogP contribution is -2.42. The van der Waals surface area contributed by atoms with Crippen LogP contribution in [0.3, 0.4) is 0 Å². The van der Waals surface area contributed by atoms with E-state index in [-0.39, 0.29) is 35.8 Å². The third-order valence-corrected chi connectivity index (χ3v) is 8.10. The Labute approximate surface area is 177 Å².